The molecule has 6 nitrogen and oxygen atoms in total. The van der Waals surface area contributed by atoms with Crippen molar-refractivity contribution in [2.75, 3.05) is 13.8 Å². The maximum absolute atomic E-state index is 13.2. The van der Waals surface area contributed by atoms with Crippen LogP contribution in [-0.2, 0) is 16.9 Å². The zero-order valence-electron chi connectivity index (χ0n) is 15.1. The summed E-state index contributed by atoms with van der Waals surface area (Å²) < 4.78 is 23.5. The Balaban J connectivity index is 1.92. The second-order valence-electron chi connectivity index (χ2n) is 6.76. The Bertz CT molecular complexity index is 815. The van der Waals surface area contributed by atoms with E-state index < -0.39 is 36.9 Å². The van der Waals surface area contributed by atoms with E-state index in [9.17, 15) is 24.8 Å². The first-order valence-electron chi connectivity index (χ1n) is 8.72. The molecule has 2 aromatic rings. The fourth-order valence-electron chi connectivity index (χ4n) is 3.27. The van der Waals surface area contributed by atoms with Gasteiger partial charge >= 0.3 is 0 Å². The highest BCUT2D eigenvalue weighted by molar-refractivity contribution is 6.31. The molecule has 2 aromatic carbocycles. The molecule has 1 fully saturated rings. The van der Waals surface area contributed by atoms with E-state index in [0.29, 0.717) is 22.8 Å². The lowest BCUT2D eigenvalue weighted by Crippen LogP contribution is -2.63. The van der Waals surface area contributed by atoms with Crippen LogP contribution in [0.25, 0.3) is 0 Å². The summed E-state index contributed by atoms with van der Waals surface area (Å²) in [5.74, 6) is -1.68. The predicted molar refractivity (Wildman–Crippen MR) is 100 cm³/mol. The number of rotatable bonds is 5. The van der Waals surface area contributed by atoms with Crippen molar-refractivity contribution < 1.29 is 34.3 Å². The molecule has 1 heterocycles. The monoisotopic (exact) mass is 412 g/mol. The summed E-state index contributed by atoms with van der Waals surface area (Å²) in [6.07, 6.45) is -6.38. The van der Waals surface area contributed by atoms with E-state index in [1.807, 2.05) is 12.1 Å². The molecule has 1 aliphatic rings. The van der Waals surface area contributed by atoms with Crippen molar-refractivity contribution in [1.82, 2.24) is 0 Å². The second kappa shape index (κ2) is 8.32. The minimum atomic E-state index is -2.39. The Labute approximate surface area is 166 Å². The Morgan fingerprint density at radius 2 is 1.79 bits per heavy atom. The van der Waals surface area contributed by atoms with Crippen LogP contribution < -0.4 is 4.74 Å². The summed E-state index contributed by atoms with van der Waals surface area (Å²) in [5, 5.41) is 41.4. The normalized spacial score (nSPS) is 30.2. The van der Waals surface area contributed by atoms with Gasteiger partial charge in [0.2, 0.25) is 5.79 Å². The van der Waals surface area contributed by atoms with Crippen LogP contribution >= 0.6 is 11.6 Å². The van der Waals surface area contributed by atoms with Gasteiger partial charge in [-0.2, -0.15) is 0 Å². The van der Waals surface area contributed by atoms with Gasteiger partial charge in [-0.3, -0.25) is 0 Å². The Kier molecular flexibility index (Phi) is 6.24. The largest absolute Gasteiger partial charge is 0.497 e. The van der Waals surface area contributed by atoms with Crippen LogP contribution in [0.1, 0.15) is 16.7 Å². The minimum Gasteiger partial charge on any atom is -0.497 e. The molecule has 0 aromatic heterocycles. The van der Waals surface area contributed by atoms with E-state index in [1.165, 1.54) is 18.2 Å². The van der Waals surface area contributed by atoms with Crippen molar-refractivity contribution in [2.24, 2.45) is 0 Å². The van der Waals surface area contributed by atoms with Gasteiger partial charge in [0.1, 0.15) is 36.8 Å². The first-order valence-corrected chi connectivity index (χ1v) is 9.10. The zero-order valence-corrected chi connectivity index (χ0v) is 15.9. The standard InChI is InChI=1S/C20H22ClFO6/c1-27-14-5-2-11(3-6-14)8-12-9-13(4-7-15(12)21)20(26)19(25)18(24)17(23)16(10-22)28-20/h2-7,9,16-19,23-26H,8,10H2,1H3/t16-,17-,18+,19-,20-/m1/s1. The van der Waals surface area contributed by atoms with Crippen LogP contribution in [0.2, 0.25) is 5.02 Å². The average molecular weight is 413 g/mol. The second-order valence-corrected chi connectivity index (χ2v) is 7.17. The average Bonchev–Trinajstić information content (AvgIpc) is 2.71. The molecule has 0 unspecified atom stereocenters. The van der Waals surface area contributed by atoms with Crippen LogP contribution in [0.15, 0.2) is 42.5 Å². The van der Waals surface area contributed by atoms with Gasteiger partial charge in [0.05, 0.1) is 7.11 Å². The zero-order chi connectivity index (χ0) is 20.5. The molecule has 4 N–H and O–H groups in total. The lowest BCUT2D eigenvalue weighted by molar-refractivity contribution is -0.355. The molecule has 0 amide bonds. The van der Waals surface area contributed by atoms with Gasteiger partial charge in [0.15, 0.2) is 0 Å². The number of aliphatic hydroxyl groups is 4. The summed E-state index contributed by atoms with van der Waals surface area (Å²) in [6.45, 7) is -1.14. The van der Waals surface area contributed by atoms with Crippen LogP contribution in [-0.4, -0.2) is 58.6 Å². The lowest BCUT2D eigenvalue weighted by Gasteiger charge is -2.45. The molecule has 1 aliphatic heterocycles. The first kappa shape index (κ1) is 21.0. The third kappa shape index (κ3) is 3.87. The molecule has 0 radical (unpaired) electrons. The number of benzene rings is 2. The molecule has 1 saturated heterocycles. The van der Waals surface area contributed by atoms with Crippen LogP contribution in [0.4, 0.5) is 4.39 Å². The quantitative estimate of drug-likeness (QED) is 0.594. The Morgan fingerprint density at radius 1 is 1.11 bits per heavy atom. The third-order valence-corrected chi connectivity index (χ3v) is 5.32. The number of hydrogen-bond acceptors (Lipinski definition) is 6. The van der Waals surface area contributed by atoms with E-state index >= 15 is 0 Å². The summed E-state index contributed by atoms with van der Waals surface area (Å²) in [5.41, 5.74) is 1.65. The number of aliphatic hydroxyl groups excluding tert-OH is 3. The van der Waals surface area contributed by atoms with Gasteiger partial charge in [0.25, 0.3) is 0 Å². The topological polar surface area (TPSA) is 99.4 Å². The first-order chi connectivity index (χ1) is 13.3. The molecule has 8 heteroatoms. The van der Waals surface area contributed by atoms with Gasteiger partial charge in [-0.05, 0) is 41.8 Å². The maximum atomic E-state index is 13.2. The number of alkyl halides is 1. The fourth-order valence-corrected chi connectivity index (χ4v) is 3.45. The Morgan fingerprint density at radius 3 is 2.39 bits per heavy atom. The smallest absolute Gasteiger partial charge is 0.222 e. The maximum Gasteiger partial charge on any atom is 0.222 e. The van der Waals surface area contributed by atoms with Crippen LogP contribution in [0.5, 0.6) is 5.75 Å². The van der Waals surface area contributed by atoms with E-state index in [2.05, 4.69) is 0 Å². The van der Waals surface area contributed by atoms with Crippen molar-refractivity contribution in [3.05, 3.63) is 64.2 Å². The minimum absolute atomic E-state index is 0.0947. The summed E-state index contributed by atoms with van der Waals surface area (Å²) in [4.78, 5) is 0. The number of methoxy groups -OCH3 is 1. The molecular formula is C20H22ClFO6. The van der Waals surface area contributed by atoms with Crippen LogP contribution in [0.3, 0.4) is 0 Å². The molecule has 0 saturated carbocycles. The lowest BCUT2D eigenvalue weighted by atomic mass is 9.87. The fraction of sp³-hybridized carbons (Fsp3) is 0.400. The molecule has 152 valence electrons. The van der Waals surface area contributed by atoms with Gasteiger partial charge in [0, 0.05) is 10.6 Å². The van der Waals surface area contributed by atoms with Crippen molar-refractivity contribution in [3.63, 3.8) is 0 Å². The highest BCUT2D eigenvalue weighted by Crippen LogP contribution is 2.38. The highest BCUT2D eigenvalue weighted by Gasteiger charge is 2.53. The van der Waals surface area contributed by atoms with Crippen molar-refractivity contribution in [3.8, 4) is 5.75 Å². The third-order valence-electron chi connectivity index (χ3n) is 4.95. The van der Waals surface area contributed by atoms with E-state index in [-0.39, 0.29) is 5.56 Å². The number of ether oxygens (including phenoxy) is 2. The molecule has 3 rings (SSSR count). The SMILES string of the molecule is COc1ccc(Cc2cc([C@@]3(O)O[C@H](CF)[C@@H](O)[C@H](O)[C@H]3O)ccc2Cl)cc1. The molecular weight excluding hydrogens is 391 g/mol. The summed E-state index contributed by atoms with van der Waals surface area (Å²) in [7, 11) is 1.57. The number of hydrogen-bond donors (Lipinski definition) is 4. The number of halogens is 2. The molecule has 5 atom stereocenters. The molecule has 0 aliphatic carbocycles. The van der Waals surface area contributed by atoms with Crippen molar-refractivity contribution in [2.45, 2.75) is 36.6 Å². The van der Waals surface area contributed by atoms with Gasteiger partial charge in [-0.1, -0.05) is 29.8 Å². The Hall–Kier alpha value is -1.74. The van der Waals surface area contributed by atoms with Gasteiger partial charge in [-0.25, -0.2) is 4.39 Å². The molecule has 0 bridgehead atoms. The van der Waals surface area contributed by atoms with E-state index in [0.717, 1.165) is 5.56 Å². The van der Waals surface area contributed by atoms with Crippen molar-refractivity contribution in [1.29, 1.82) is 0 Å². The molecule has 0 spiro atoms. The molecule has 28 heavy (non-hydrogen) atoms. The van der Waals surface area contributed by atoms with E-state index in [1.54, 1.807) is 19.2 Å². The summed E-state index contributed by atoms with van der Waals surface area (Å²) >= 11 is 6.27. The van der Waals surface area contributed by atoms with Crippen molar-refractivity contribution >= 4 is 11.6 Å². The van der Waals surface area contributed by atoms with Crippen LogP contribution in [0, 0.1) is 0 Å². The summed E-state index contributed by atoms with van der Waals surface area (Å²) in [6, 6.07) is 11.8. The van der Waals surface area contributed by atoms with E-state index in [4.69, 9.17) is 21.1 Å². The predicted octanol–water partition coefficient (Wildman–Crippen LogP) is 1.54. The van der Waals surface area contributed by atoms with Gasteiger partial charge < -0.3 is 29.9 Å². The highest BCUT2D eigenvalue weighted by atomic mass is 35.5. The van der Waals surface area contributed by atoms with Gasteiger partial charge in [-0.15, -0.1) is 0 Å².